The highest BCUT2D eigenvalue weighted by molar-refractivity contribution is 5.93. The Balaban J connectivity index is 1.73. The zero-order valence-corrected chi connectivity index (χ0v) is 18.6. The first-order chi connectivity index (χ1) is 15.5. The van der Waals surface area contributed by atoms with Gasteiger partial charge in [-0.15, -0.1) is 6.42 Å². The Bertz CT molecular complexity index is 1160. The highest BCUT2D eigenvalue weighted by Crippen LogP contribution is 2.35. The second-order valence-corrected chi connectivity index (χ2v) is 8.66. The second kappa shape index (κ2) is 9.54. The SMILES string of the molecule is C#Cc1c(F)ccc2cc(OC(=O)C(c3ccccc3)N3CCCCC3)cc(C(C)C)c12. The van der Waals surface area contributed by atoms with Gasteiger partial charge in [0.15, 0.2) is 0 Å². The van der Waals surface area contributed by atoms with Gasteiger partial charge in [0.2, 0.25) is 0 Å². The maximum atomic E-state index is 14.3. The molecule has 1 aliphatic rings. The van der Waals surface area contributed by atoms with Crippen molar-refractivity contribution in [3.63, 3.8) is 0 Å². The first-order valence-electron chi connectivity index (χ1n) is 11.2. The van der Waals surface area contributed by atoms with Crippen LogP contribution in [0.4, 0.5) is 4.39 Å². The molecule has 0 spiro atoms. The Hall–Kier alpha value is -3.16. The van der Waals surface area contributed by atoms with Gasteiger partial charge in [-0.1, -0.05) is 62.6 Å². The van der Waals surface area contributed by atoms with E-state index in [0.717, 1.165) is 42.4 Å². The number of esters is 1. The molecule has 1 unspecified atom stereocenters. The lowest BCUT2D eigenvalue weighted by Crippen LogP contribution is -2.39. The number of hydrogen-bond acceptors (Lipinski definition) is 3. The Morgan fingerprint density at radius 2 is 1.78 bits per heavy atom. The monoisotopic (exact) mass is 429 g/mol. The Morgan fingerprint density at radius 1 is 1.06 bits per heavy atom. The minimum atomic E-state index is -0.454. The standard InChI is InChI=1S/C28H28FNO2/c1-4-23-25(29)14-13-21-17-22(18-24(19(2)3)26(21)23)32-28(31)27(20-11-7-5-8-12-20)30-15-9-6-10-16-30/h1,5,7-8,11-14,17-19,27H,6,9-10,15-16H2,2-3H3. The fourth-order valence-electron chi connectivity index (χ4n) is 4.58. The maximum Gasteiger partial charge on any atom is 0.333 e. The van der Waals surface area contributed by atoms with E-state index in [0.29, 0.717) is 11.1 Å². The van der Waals surface area contributed by atoms with Gasteiger partial charge >= 0.3 is 5.97 Å². The van der Waals surface area contributed by atoms with E-state index in [1.54, 1.807) is 12.1 Å². The molecule has 4 rings (SSSR count). The topological polar surface area (TPSA) is 29.5 Å². The average molecular weight is 430 g/mol. The molecule has 0 radical (unpaired) electrons. The van der Waals surface area contributed by atoms with Gasteiger partial charge in [0.1, 0.15) is 17.6 Å². The van der Waals surface area contributed by atoms with E-state index in [9.17, 15) is 9.18 Å². The summed E-state index contributed by atoms with van der Waals surface area (Å²) in [7, 11) is 0. The summed E-state index contributed by atoms with van der Waals surface area (Å²) in [6, 6.07) is 16.0. The smallest absolute Gasteiger partial charge is 0.333 e. The van der Waals surface area contributed by atoms with Crippen LogP contribution in [0.3, 0.4) is 0 Å². The average Bonchev–Trinajstić information content (AvgIpc) is 2.80. The minimum Gasteiger partial charge on any atom is -0.425 e. The maximum absolute atomic E-state index is 14.3. The highest BCUT2D eigenvalue weighted by Gasteiger charge is 2.30. The molecule has 0 aromatic heterocycles. The third-order valence-corrected chi connectivity index (χ3v) is 6.15. The summed E-state index contributed by atoms with van der Waals surface area (Å²) < 4.78 is 20.3. The van der Waals surface area contributed by atoms with E-state index in [1.165, 1.54) is 12.5 Å². The normalized spacial score (nSPS) is 15.5. The van der Waals surface area contributed by atoms with Crippen molar-refractivity contribution in [2.24, 2.45) is 0 Å². The molecule has 4 heteroatoms. The number of nitrogens with zero attached hydrogens (tertiary/aromatic N) is 1. The molecule has 32 heavy (non-hydrogen) atoms. The number of ether oxygens (including phenoxy) is 1. The van der Waals surface area contributed by atoms with Gasteiger partial charge in [0, 0.05) is 5.39 Å². The van der Waals surface area contributed by atoms with Crippen LogP contribution in [0.5, 0.6) is 5.75 Å². The quantitative estimate of drug-likeness (QED) is 0.274. The van der Waals surface area contributed by atoms with E-state index in [1.807, 2.05) is 50.2 Å². The molecule has 1 aliphatic heterocycles. The third kappa shape index (κ3) is 4.40. The first-order valence-corrected chi connectivity index (χ1v) is 11.2. The van der Waals surface area contributed by atoms with E-state index < -0.39 is 11.9 Å². The molecule has 3 aromatic carbocycles. The predicted molar refractivity (Wildman–Crippen MR) is 126 cm³/mol. The van der Waals surface area contributed by atoms with Gasteiger partial charge in [-0.3, -0.25) is 4.90 Å². The van der Waals surface area contributed by atoms with Crippen LogP contribution < -0.4 is 4.74 Å². The van der Waals surface area contributed by atoms with Crippen molar-refractivity contribution in [1.82, 2.24) is 4.90 Å². The number of halogens is 1. The molecular weight excluding hydrogens is 401 g/mol. The van der Waals surface area contributed by atoms with E-state index in [2.05, 4.69) is 10.8 Å². The lowest BCUT2D eigenvalue weighted by molar-refractivity contribution is -0.141. The largest absolute Gasteiger partial charge is 0.425 e. The molecule has 3 aromatic rings. The number of rotatable bonds is 5. The number of terminal acetylenes is 1. The molecule has 0 bridgehead atoms. The summed E-state index contributed by atoms with van der Waals surface area (Å²) in [6.07, 6.45) is 8.94. The van der Waals surface area contributed by atoms with Gasteiger partial charge in [-0.2, -0.15) is 0 Å². The van der Waals surface area contributed by atoms with Crippen LogP contribution in [0.2, 0.25) is 0 Å². The molecule has 0 amide bonds. The first kappa shape index (κ1) is 22.0. The van der Waals surface area contributed by atoms with Crippen LogP contribution in [0.25, 0.3) is 10.8 Å². The molecule has 1 atom stereocenters. The molecule has 0 saturated carbocycles. The third-order valence-electron chi connectivity index (χ3n) is 6.15. The molecule has 0 aliphatic carbocycles. The van der Waals surface area contributed by atoms with Crippen molar-refractivity contribution in [1.29, 1.82) is 0 Å². The van der Waals surface area contributed by atoms with Crippen molar-refractivity contribution >= 4 is 16.7 Å². The van der Waals surface area contributed by atoms with Crippen molar-refractivity contribution in [3.8, 4) is 18.1 Å². The van der Waals surface area contributed by atoms with Crippen LogP contribution in [0.15, 0.2) is 54.6 Å². The summed E-state index contributed by atoms with van der Waals surface area (Å²) in [5.41, 5.74) is 2.05. The number of hydrogen-bond donors (Lipinski definition) is 0. The molecule has 1 heterocycles. The summed E-state index contributed by atoms with van der Waals surface area (Å²) >= 11 is 0. The van der Waals surface area contributed by atoms with Crippen LogP contribution in [0.1, 0.15) is 61.8 Å². The number of fused-ring (bicyclic) bond motifs is 1. The zero-order valence-electron chi connectivity index (χ0n) is 18.6. The van der Waals surface area contributed by atoms with Crippen LogP contribution in [-0.2, 0) is 4.79 Å². The van der Waals surface area contributed by atoms with E-state index >= 15 is 0 Å². The minimum absolute atomic E-state index is 0.0806. The van der Waals surface area contributed by atoms with Crippen molar-refractivity contribution < 1.29 is 13.9 Å². The van der Waals surface area contributed by atoms with Crippen LogP contribution >= 0.6 is 0 Å². The second-order valence-electron chi connectivity index (χ2n) is 8.66. The number of carbonyl (C=O) groups excluding carboxylic acids is 1. The molecule has 164 valence electrons. The lowest BCUT2D eigenvalue weighted by Gasteiger charge is -2.33. The summed E-state index contributed by atoms with van der Waals surface area (Å²) in [5.74, 6) is 2.31. The highest BCUT2D eigenvalue weighted by atomic mass is 19.1. The summed E-state index contributed by atoms with van der Waals surface area (Å²) in [6.45, 7) is 5.78. The molecule has 0 N–H and O–H groups in total. The number of likely N-dealkylation sites (tertiary alicyclic amines) is 1. The number of piperidine rings is 1. The van der Waals surface area contributed by atoms with Crippen molar-refractivity contribution in [2.45, 2.75) is 45.1 Å². The number of carbonyl (C=O) groups is 1. The van der Waals surface area contributed by atoms with E-state index in [4.69, 9.17) is 11.2 Å². The van der Waals surface area contributed by atoms with Crippen molar-refractivity contribution in [3.05, 3.63) is 77.1 Å². The van der Waals surface area contributed by atoms with Crippen LogP contribution in [0, 0.1) is 18.2 Å². The molecule has 1 saturated heterocycles. The number of benzene rings is 3. The Morgan fingerprint density at radius 3 is 2.44 bits per heavy atom. The molecule has 1 fully saturated rings. The molecular formula is C28H28FNO2. The van der Waals surface area contributed by atoms with Gasteiger partial charge in [0.05, 0.1) is 5.56 Å². The van der Waals surface area contributed by atoms with Gasteiger partial charge < -0.3 is 4.74 Å². The Kier molecular flexibility index (Phi) is 6.58. The fraction of sp³-hybridized carbons (Fsp3) is 0.321. The van der Waals surface area contributed by atoms with Gasteiger partial charge in [-0.05, 0) is 66.6 Å². The summed E-state index contributed by atoms with van der Waals surface area (Å²) in [4.78, 5) is 15.7. The van der Waals surface area contributed by atoms with Crippen LogP contribution in [-0.4, -0.2) is 24.0 Å². The molecule has 3 nitrogen and oxygen atoms in total. The fourth-order valence-corrected chi connectivity index (χ4v) is 4.58. The van der Waals surface area contributed by atoms with Crippen molar-refractivity contribution in [2.75, 3.05) is 13.1 Å². The zero-order chi connectivity index (χ0) is 22.7. The predicted octanol–water partition coefficient (Wildman–Crippen LogP) is 6.22. The summed E-state index contributed by atoms with van der Waals surface area (Å²) in [5, 5.41) is 1.47. The Labute approximate surface area is 189 Å². The van der Waals surface area contributed by atoms with Gasteiger partial charge in [-0.25, -0.2) is 9.18 Å². The van der Waals surface area contributed by atoms with Gasteiger partial charge in [0.25, 0.3) is 0 Å². The van der Waals surface area contributed by atoms with E-state index in [-0.39, 0.29) is 17.5 Å². The lowest BCUT2D eigenvalue weighted by atomic mass is 9.92.